The van der Waals surface area contributed by atoms with Crippen molar-refractivity contribution in [2.45, 2.75) is 18.9 Å². The average Bonchev–Trinajstić information content (AvgIpc) is 3.18. The van der Waals surface area contributed by atoms with Crippen LogP contribution >= 0.6 is 11.3 Å². The number of nitrogens with one attached hydrogen (secondary N) is 2. The van der Waals surface area contributed by atoms with Crippen LogP contribution in [0.5, 0.6) is 5.75 Å². The van der Waals surface area contributed by atoms with Gasteiger partial charge in [0.25, 0.3) is 5.91 Å². The highest BCUT2D eigenvalue weighted by Crippen LogP contribution is 2.23. The van der Waals surface area contributed by atoms with Gasteiger partial charge in [-0.3, -0.25) is 4.79 Å². The Bertz CT molecular complexity index is 610. The van der Waals surface area contributed by atoms with Gasteiger partial charge in [-0.25, -0.2) is 0 Å². The van der Waals surface area contributed by atoms with E-state index in [0.29, 0.717) is 12.6 Å². The number of anilines is 1. The van der Waals surface area contributed by atoms with Gasteiger partial charge in [-0.05, 0) is 35.7 Å². The monoisotopic (exact) mass is 317 g/mol. The molecule has 22 heavy (non-hydrogen) atoms. The molecule has 1 aliphatic rings. The van der Waals surface area contributed by atoms with Crippen molar-refractivity contribution in [3.63, 3.8) is 0 Å². The van der Waals surface area contributed by atoms with Gasteiger partial charge in [0.2, 0.25) is 0 Å². The van der Waals surface area contributed by atoms with Crippen molar-refractivity contribution >= 4 is 22.9 Å². The van der Waals surface area contributed by atoms with Crippen LogP contribution in [0.3, 0.4) is 0 Å². The van der Waals surface area contributed by atoms with E-state index in [-0.39, 0.29) is 5.91 Å². The summed E-state index contributed by atoms with van der Waals surface area (Å²) in [6, 6.07) is 12.2. The zero-order chi connectivity index (χ0) is 15.4. The molecule has 2 heterocycles. The second-order valence-electron chi connectivity index (χ2n) is 5.57. The molecule has 4 nitrogen and oxygen atoms in total. The number of likely N-dealkylation sites (tertiary alicyclic amines) is 1. The lowest BCUT2D eigenvalue weighted by Crippen LogP contribution is -3.11. The lowest BCUT2D eigenvalue weighted by molar-refractivity contribution is -0.910. The van der Waals surface area contributed by atoms with Crippen LogP contribution in [-0.4, -0.2) is 26.1 Å². The van der Waals surface area contributed by atoms with Crippen molar-refractivity contribution in [1.29, 1.82) is 0 Å². The lowest BCUT2D eigenvalue weighted by Gasteiger charge is -2.20. The summed E-state index contributed by atoms with van der Waals surface area (Å²) < 4.78 is 5.12. The van der Waals surface area contributed by atoms with Crippen LogP contribution in [0.25, 0.3) is 0 Å². The van der Waals surface area contributed by atoms with Crippen molar-refractivity contribution in [3.05, 3.63) is 46.7 Å². The van der Waals surface area contributed by atoms with Gasteiger partial charge in [0, 0.05) is 18.5 Å². The Morgan fingerprint density at radius 1 is 1.36 bits per heavy atom. The molecule has 1 fully saturated rings. The number of ether oxygens (including phenoxy) is 1. The summed E-state index contributed by atoms with van der Waals surface area (Å²) in [4.78, 5) is 15.0. The number of hydrogen-bond donors (Lipinski definition) is 2. The fraction of sp³-hybridized carbons (Fsp3) is 0.353. The van der Waals surface area contributed by atoms with E-state index in [0.717, 1.165) is 18.0 Å². The van der Waals surface area contributed by atoms with E-state index in [1.165, 1.54) is 22.6 Å². The molecular weight excluding hydrogens is 296 g/mol. The molecule has 0 spiro atoms. The predicted octanol–water partition coefficient (Wildman–Crippen LogP) is 2.12. The first kappa shape index (κ1) is 15.1. The van der Waals surface area contributed by atoms with Crippen LogP contribution in [0.15, 0.2) is 41.8 Å². The third-order valence-electron chi connectivity index (χ3n) is 4.13. The number of benzene rings is 1. The van der Waals surface area contributed by atoms with E-state index in [2.05, 4.69) is 22.8 Å². The van der Waals surface area contributed by atoms with Gasteiger partial charge in [0.15, 0.2) is 6.54 Å². The maximum Gasteiger partial charge on any atom is 0.279 e. The SMILES string of the molecule is COc1ccc(NC(=O)C[NH+]2CCC[C@H]2c2cccs2)cc1. The number of carbonyl (C=O) groups is 1. The molecule has 0 saturated carbocycles. The molecule has 2 atom stereocenters. The van der Waals surface area contributed by atoms with Gasteiger partial charge in [-0.2, -0.15) is 0 Å². The molecule has 1 aliphatic heterocycles. The molecule has 0 aliphatic carbocycles. The fourth-order valence-electron chi connectivity index (χ4n) is 3.04. The maximum atomic E-state index is 12.3. The summed E-state index contributed by atoms with van der Waals surface area (Å²) in [6.45, 7) is 1.59. The van der Waals surface area contributed by atoms with E-state index < -0.39 is 0 Å². The van der Waals surface area contributed by atoms with Crippen LogP contribution < -0.4 is 15.0 Å². The van der Waals surface area contributed by atoms with Crippen LogP contribution in [0.2, 0.25) is 0 Å². The molecule has 2 aromatic rings. The van der Waals surface area contributed by atoms with E-state index in [1.54, 1.807) is 18.4 Å². The van der Waals surface area contributed by atoms with E-state index in [9.17, 15) is 4.79 Å². The molecule has 0 bridgehead atoms. The largest absolute Gasteiger partial charge is 0.497 e. The Balaban J connectivity index is 1.58. The quantitative estimate of drug-likeness (QED) is 0.887. The molecule has 1 aromatic carbocycles. The fourth-order valence-corrected chi connectivity index (χ4v) is 3.96. The third kappa shape index (κ3) is 3.48. The Hall–Kier alpha value is -1.85. The Morgan fingerprint density at radius 2 is 2.18 bits per heavy atom. The number of quaternary nitrogens is 1. The molecule has 3 rings (SSSR count). The third-order valence-corrected chi connectivity index (χ3v) is 5.12. The molecule has 1 saturated heterocycles. The summed E-state index contributed by atoms with van der Waals surface area (Å²) in [7, 11) is 1.63. The van der Waals surface area contributed by atoms with Gasteiger partial charge in [0.1, 0.15) is 11.8 Å². The number of hydrogen-bond acceptors (Lipinski definition) is 3. The van der Waals surface area contributed by atoms with Crippen LogP contribution in [-0.2, 0) is 4.79 Å². The first-order chi connectivity index (χ1) is 10.8. The first-order valence-corrected chi connectivity index (χ1v) is 8.46. The van der Waals surface area contributed by atoms with Crippen LogP contribution in [0, 0.1) is 0 Å². The minimum Gasteiger partial charge on any atom is -0.497 e. The van der Waals surface area contributed by atoms with Crippen LogP contribution in [0.1, 0.15) is 23.8 Å². The summed E-state index contributed by atoms with van der Waals surface area (Å²) in [6.07, 6.45) is 2.36. The summed E-state index contributed by atoms with van der Waals surface area (Å²) in [5.74, 6) is 0.865. The summed E-state index contributed by atoms with van der Waals surface area (Å²) in [5.41, 5.74) is 0.817. The van der Waals surface area contributed by atoms with Gasteiger partial charge < -0.3 is 15.0 Å². The van der Waals surface area contributed by atoms with Gasteiger partial charge in [-0.15, -0.1) is 11.3 Å². The van der Waals surface area contributed by atoms with E-state index >= 15 is 0 Å². The highest BCUT2D eigenvalue weighted by atomic mass is 32.1. The van der Waals surface area contributed by atoms with Crippen molar-refractivity contribution < 1.29 is 14.4 Å². The molecule has 116 valence electrons. The second-order valence-corrected chi connectivity index (χ2v) is 6.55. The Labute approximate surface area is 134 Å². The van der Waals surface area contributed by atoms with Gasteiger partial charge in [-0.1, -0.05) is 6.07 Å². The van der Waals surface area contributed by atoms with Crippen molar-refractivity contribution in [2.24, 2.45) is 0 Å². The minimum absolute atomic E-state index is 0.0728. The zero-order valence-corrected chi connectivity index (χ0v) is 13.5. The molecule has 0 radical (unpaired) electrons. The van der Waals surface area contributed by atoms with E-state index in [4.69, 9.17) is 4.74 Å². The molecule has 1 unspecified atom stereocenters. The Kier molecular flexibility index (Phi) is 4.75. The van der Waals surface area contributed by atoms with Crippen molar-refractivity contribution in [2.75, 3.05) is 25.5 Å². The smallest absolute Gasteiger partial charge is 0.279 e. The molecule has 1 aromatic heterocycles. The normalized spacial score (nSPS) is 20.8. The predicted molar refractivity (Wildman–Crippen MR) is 88.6 cm³/mol. The average molecular weight is 317 g/mol. The lowest BCUT2D eigenvalue weighted by atomic mass is 10.2. The zero-order valence-electron chi connectivity index (χ0n) is 12.7. The summed E-state index contributed by atoms with van der Waals surface area (Å²) >= 11 is 1.79. The van der Waals surface area contributed by atoms with Crippen molar-refractivity contribution in [3.8, 4) is 5.75 Å². The number of methoxy groups -OCH3 is 1. The second kappa shape index (κ2) is 6.94. The highest BCUT2D eigenvalue weighted by molar-refractivity contribution is 7.10. The number of rotatable bonds is 5. The van der Waals surface area contributed by atoms with Gasteiger partial charge >= 0.3 is 0 Å². The standard InChI is InChI=1S/C17H20N2O2S/c1-21-14-8-6-13(7-9-14)18-17(20)12-19-10-2-4-15(19)16-5-3-11-22-16/h3,5-9,11,15H,2,4,10,12H2,1H3,(H,18,20)/p+1/t15-/m0/s1. The Morgan fingerprint density at radius 3 is 2.86 bits per heavy atom. The topological polar surface area (TPSA) is 42.8 Å². The minimum atomic E-state index is 0.0728. The van der Waals surface area contributed by atoms with Crippen molar-refractivity contribution in [1.82, 2.24) is 0 Å². The molecular formula is C17H21N2O2S+. The van der Waals surface area contributed by atoms with Crippen LogP contribution in [0.4, 0.5) is 5.69 Å². The number of carbonyl (C=O) groups excluding carboxylic acids is 1. The molecule has 2 N–H and O–H groups in total. The molecule has 1 amide bonds. The van der Waals surface area contributed by atoms with E-state index in [1.807, 2.05) is 24.3 Å². The number of amides is 1. The maximum absolute atomic E-state index is 12.3. The highest BCUT2D eigenvalue weighted by Gasteiger charge is 2.32. The first-order valence-electron chi connectivity index (χ1n) is 7.58. The van der Waals surface area contributed by atoms with Gasteiger partial charge in [0.05, 0.1) is 18.5 Å². The molecule has 5 heteroatoms. The number of thiophene rings is 1. The summed E-state index contributed by atoms with van der Waals surface area (Å²) in [5, 5.41) is 5.09.